The van der Waals surface area contributed by atoms with Gasteiger partial charge in [0, 0.05) is 39.6 Å². The van der Waals surface area contributed by atoms with Gasteiger partial charge >= 0.3 is 6.03 Å². The molecular weight excluding hydrogens is 242 g/mol. The summed E-state index contributed by atoms with van der Waals surface area (Å²) >= 11 is 0. The molecule has 0 saturated carbocycles. The van der Waals surface area contributed by atoms with Crippen LogP contribution >= 0.6 is 12.4 Å². The van der Waals surface area contributed by atoms with Gasteiger partial charge in [0.15, 0.2) is 0 Å². The highest BCUT2D eigenvalue weighted by Gasteiger charge is 2.43. The predicted molar refractivity (Wildman–Crippen MR) is 68.4 cm³/mol. The highest BCUT2D eigenvalue weighted by Crippen LogP contribution is 2.32. The Kier molecular flexibility index (Phi) is 4.63. The van der Waals surface area contributed by atoms with E-state index in [1.165, 1.54) is 0 Å². The first-order valence-corrected chi connectivity index (χ1v) is 5.92. The highest BCUT2D eigenvalue weighted by molar-refractivity contribution is 5.85. The molecule has 2 atom stereocenters. The number of carbonyl (C=O) groups is 1. The molecule has 2 aliphatic rings. The number of nitrogens with one attached hydrogen (secondary N) is 1. The Morgan fingerprint density at radius 3 is 2.82 bits per heavy atom. The van der Waals surface area contributed by atoms with Crippen LogP contribution in [0.5, 0.6) is 0 Å². The average Bonchev–Trinajstić information content (AvgIpc) is 2.26. The van der Waals surface area contributed by atoms with E-state index in [1.807, 2.05) is 4.90 Å². The molecule has 0 aromatic carbocycles. The molecule has 100 valence electrons. The lowest BCUT2D eigenvalue weighted by molar-refractivity contribution is -0.0813. The molecule has 2 amide bonds. The van der Waals surface area contributed by atoms with E-state index in [0.29, 0.717) is 19.5 Å². The first kappa shape index (κ1) is 14.5. The quantitative estimate of drug-likeness (QED) is 0.654. The first-order valence-electron chi connectivity index (χ1n) is 5.92. The summed E-state index contributed by atoms with van der Waals surface area (Å²) < 4.78 is 0. The number of aliphatic hydroxyl groups is 1. The normalized spacial score (nSPS) is 32.4. The summed E-state index contributed by atoms with van der Waals surface area (Å²) in [4.78, 5) is 15.3. The zero-order valence-corrected chi connectivity index (χ0v) is 11.3. The van der Waals surface area contributed by atoms with Gasteiger partial charge in [0.1, 0.15) is 0 Å². The molecule has 0 aromatic heterocycles. The van der Waals surface area contributed by atoms with Crippen molar-refractivity contribution in [3.05, 3.63) is 0 Å². The lowest BCUT2D eigenvalue weighted by Crippen LogP contribution is -2.60. The smallest absolute Gasteiger partial charge is 0.319 e. The van der Waals surface area contributed by atoms with E-state index in [1.54, 1.807) is 19.0 Å². The van der Waals surface area contributed by atoms with E-state index >= 15 is 0 Å². The molecule has 2 rings (SSSR count). The molecule has 2 heterocycles. The Balaban J connectivity index is 0.00000144. The van der Waals surface area contributed by atoms with Gasteiger partial charge in [0.25, 0.3) is 0 Å². The van der Waals surface area contributed by atoms with Gasteiger partial charge in [0.2, 0.25) is 0 Å². The summed E-state index contributed by atoms with van der Waals surface area (Å²) in [6, 6.07) is 0.0487. The van der Waals surface area contributed by atoms with Gasteiger partial charge in [-0.05, 0) is 19.4 Å². The molecule has 2 saturated heterocycles. The number of carbonyl (C=O) groups excluding carboxylic acids is 1. The Hall–Kier alpha value is -0.520. The minimum atomic E-state index is -0.547. The van der Waals surface area contributed by atoms with Gasteiger partial charge < -0.3 is 20.2 Å². The third kappa shape index (κ3) is 2.84. The average molecular weight is 264 g/mol. The summed E-state index contributed by atoms with van der Waals surface area (Å²) in [5.41, 5.74) is -0.547. The van der Waals surface area contributed by atoms with Crippen molar-refractivity contribution in [3.63, 3.8) is 0 Å². The molecular formula is C11H22ClN3O2. The summed E-state index contributed by atoms with van der Waals surface area (Å²) in [7, 11) is 3.53. The molecule has 0 spiro atoms. The maximum atomic E-state index is 11.8. The lowest BCUT2D eigenvalue weighted by atomic mass is 9.76. The lowest BCUT2D eigenvalue weighted by Gasteiger charge is -2.47. The van der Waals surface area contributed by atoms with Gasteiger partial charge in [-0.25, -0.2) is 4.79 Å². The standard InChI is InChI=1S/C11H21N3O2.ClH/c1-13(2)10(15)14-6-4-11(16)3-5-12-7-9(11)8-14;/h9,12,16H,3-8H2,1-2H3;1H. The molecule has 17 heavy (non-hydrogen) atoms. The van der Waals surface area contributed by atoms with Crippen molar-refractivity contribution in [2.45, 2.75) is 18.4 Å². The number of halogens is 1. The Bertz CT molecular complexity index is 288. The number of fused-ring (bicyclic) bond motifs is 1. The first-order chi connectivity index (χ1) is 7.53. The minimum absolute atomic E-state index is 0. The Morgan fingerprint density at radius 1 is 1.47 bits per heavy atom. The van der Waals surface area contributed by atoms with Crippen molar-refractivity contribution in [2.24, 2.45) is 5.92 Å². The second kappa shape index (κ2) is 5.42. The molecule has 6 heteroatoms. The SMILES string of the molecule is CN(C)C(=O)N1CCC2(O)CCNCC2C1.Cl. The number of amides is 2. The Labute approximate surface area is 109 Å². The number of nitrogens with zero attached hydrogens (tertiary/aromatic N) is 2. The second-order valence-electron chi connectivity index (χ2n) is 5.13. The molecule has 5 nitrogen and oxygen atoms in total. The van der Waals surface area contributed by atoms with E-state index in [2.05, 4.69) is 5.32 Å². The van der Waals surface area contributed by atoms with Crippen LogP contribution in [0, 0.1) is 5.92 Å². The minimum Gasteiger partial charge on any atom is -0.389 e. The molecule has 2 fully saturated rings. The zero-order valence-electron chi connectivity index (χ0n) is 10.5. The predicted octanol–water partition coefficient (Wildman–Crippen LogP) is 0.136. The van der Waals surface area contributed by atoms with E-state index < -0.39 is 5.60 Å². The number of hydrogen-bond donors (Lipinski definition) is 2. The molecule has 0 aromatic rings. The molecule has 2 aliphatic heterocycles. The fraction of sp³-hybridized carbons (Fsp3) is 0.909. The molecule has 0 bridgehead atoms. The van der Waals surface area contributed by atoms with E-state index in [4.69, 9.17) is 0 Å². The number of hydrogen-bond acceptors (Lipinski definition) is 3. The summed E-state index contributed by atoms with van der Waals surface area (Å²) in [5, 5.41) is 13.7. The second-order valence-corrected chi connectivity index (χ2v) is 5.13. The monoisotopic (exact) mass is 263 g/mol. The van der Waals surface area contributed by atoms with Crippen LogP contribution in [0.2, 0.25) is 0 Å². The zero-order chi connectivity index (χ0) is 11.8. The van der Waals surface area contributed by atoms with Gasteiger partial charge in [0.05, 0.1) is 5.60 Å². The van der Waals surface area contributed by atoms with Crippen molar-refractivity contribution in [1.82, 2.24) is 15.1 Å². The van der Waals surface area contributed by atoms with Crippen LogP contribution < -0.4 is 5.32 Å². The fourth-order valence-corrected chi connectivity index (χ4v) is 2.68. The third-order valence-electron chi connectivity index (χ3n) is 3.79. The van der Waals surface area contributed by atoms with Crippen LogP contribution in [0.1, 0.15) is 12.8 Å². The number of piperidine rings is 2. The van der Waals surface area contributed by atoms with Crippen LogP contribution in [0.15, 0.2) is 0 Å². The maximum Gasteiger partial charge on any atom is 0.319 e. The van der Waals surface area contributed by atoms with Gasteiger partial charge in [-0.1, -0.05) is 0 Å². The van der Waals surface area contributed by atoms with Crippen LogP contribution in [0.4, 0.5) is 4.79 Å². The van der Waals surface area contributed by atoms with Gasteiger partial charge in [-0.15, -0.1) is 12.4 Å². The van der Waals surface area contributed by atoms with Crippen LogP contribution in [-0.2, 0) is 0 Å². The largest absolute Gasteiger partial charge is 0.389 e. The van der Waals surface area contributed by atoms with Crippen LogP contribution in [-0.4, -0.2) is 66.8 Å². The van der Waals surface area contributed by atoms with Crippen LogP contribution in [0.25, 0.3) is 0 Å². The van der Waals surface area contributed by atoms with E-state index in [0.717, 1.165) is 19.5 Å². The van der Waals surface area contributed by atoms with Crippen molar-refractivity contribution in [3.8, 4) is 0 Å². The van der Waals surface area contributed by atoms with Crippen LogP contribution in [0.3, 0.4) is 0 Å². The van der Waals surface area contributed by atoms with Gasteiger partial charge in [-0.3, -0.25) is 0 Å². The fourth-order valence-electron chi connectivity index (χ4n) is 2.68. The van der Waals surface area contributed by atoms with Gasteiger partial charge in [-0.2, -0.15) is 0 Å². The topological polar surface area (TPSA) is 55.8 Å². The van der Waals surface area contributed by atoms with Crippen molar-refractivity contribution >= 4 is 18.4 Å². The third-order valence-corrected chi connectivity index (χ3v) is 3.79. The summed E-state index contributed by atoms with van der Waals surface area (Å²) in [5.74, 6) is 0.180. The highest BCUT2D eigenvalue weighted by atomic mass is 35.5. The maximum absolute atomic E-state index is 11.8. The van der Waals surface area contributed by atoms with Crippen molar-refractivity contribution in [1.29, 1.82) is 0 Å². The number of urea groups is 1. The summed E-state index contributed by atoms with van der Waals surface area (Å²) in [6.07, 6.45) is 1.51. The number of rotatable bonds is 0. The molecule has 0 radical (unpaired) electrons. The van der Waals surface area contributed by atoms with E-state index in [-0.39, 0.29) is 24.4 Å². The molecule has 2 N–H and O–H groups in total. The summed E-state index contributed by atoms with van der Waals surface area (Å²) in [6.45, 7) is 3.03. The van der Waals surface area contributed by atoms with Crippen molar-refractivity contribution < 1.29 is 9.90 Å². The number of likely N-dealkylation sites (tertiary alicyclic amines) is 1. The molecule has 2 unspecified atom stereocenters. The van der Waals surface area contributed by atoms with Crippen molar-refractivity contribution in [2.75, 3.05) is 40.3 Å². The molecule has 0 aliphatic carbocycles. The van der Waals surface area contributed by atoms with E-state index in [9.17, 15) is 9.90 Å². The Morgan fingerprint density at radius 2 is 2.18 bits per heavy atom.